The summed E-state index contributed by atoms with van der Waals surface area (Å²) in [6, 6.07) is 11.8. The van der Waals surface area contributed by atoms with E-state index in [1.807, 2.05) is 32.0 Å². The number of rotatable bonds is 2. The van der Waals surface area contributed by atoms with E-state index in [1.165, 1.54) is 0 Å². The van der Waals surface area contributed by atoms with Crippen LogP contribution in [0, 0.1) is 0 Å². The summed E-state index contributed by atoms with van der Waals surface area (Å²) in [6.07, 6.45) is 0. The number of nitrogens with one attached hydrogen (secondary N) is 2. The van der Waals surface area contributed by atoms with E-state index in [4.69, 9.17) is 11.6 Å². The fraction of sp³-hybridized carbons (Fsp3) is 0.318. The minimum Gasteiger partial charge on any atom is -0.336 e. The second-order valence-electron chi connectivity index (χ2n) is 7.82. The van der Waals surface area contributed by atoms with Crippen LogP contribution in [0.1, 0.15) is 24.2 Å². The van der Waals surface area contributed by atoms with E-state index in [-0.39, 0.29) is 30.4 Å². The fourth-order valence-corrected chi connectivity index (χ4v) is 3.92. The van der Waals surface area contributed by atoms with Crippen LogP contribution in [0.3, 0.4) is 0 Å². The third-order valence-electron chi connectivity index (χ3n) is 5.33. The number of anilines is 1. The maximum absolute atomic E-state index is 13.3. The average Bonchev–Trinajstić information content (AvgIpc) is 2.82. The number of benzene rings is 2. The Labute approximate surface area is 180 Å². The Kier molecular flexibility index (Phi) is 5.39. The van der Waals surface area contributed by atoms with Crippen molar-refractivity contribution in [3.63, 3.8) is 0 Å². The predicted octanol–water partition coefficient (Wildman–Crippen LogP) is 3.20. The standard InChI is InChI=1S/C22H23ClN4O3/c1-13(2)24-22(30)26-9-10-27-19(12-26)20(28)25-18-8-5-15(11-17(18)21(27)29)14-3-6-16(23)7-4-14/h3-8,11,13,19H,9-10,12H2,1-2H3,(H,24,30)(H,25,28)/t19-/m1/s1. The number of carbonyl (C=O) groups is 3. The molecule has 0 aliphatic carbocycles. The Morgan fingerprint density at radius 1 is 1.10 bits per heavy atom. The molecular weight excluding hydrogens is 404 g/mol. The van der Waals surface area contributed by atoms with Gasteiger partial charge in [-0.1, -0.05) is 29.8 Å². The zero-order valence-corrected chi connectivity index (χ0v) is 17.6. The third-order valence-corrected chi connectivity index (χ3v) is 5.58. The number of piperazine rings is 1. The van der Waals surface area contributed by atoms with Gasteiger partial charge in [0.05, 0.1) is 17.8 Å². The number of urea groups is 1. The summed E-state index contributed by atoms with van der Waals surface area (Å²) in [7, 11) is 0. The van der Waals surface area contributed by atoms with Crippen molar-refractivity contribution < 1.29 is 14.4 Å². The number of hydrogen-bond donors (Lipinski definition) is 2. The van der Waals surface area contributed by atoms with Gasteiger partial charge in [0.25, 0.3) is 5.91 Å². The molecule has 2 aliphatic rings. The average molecular weight is 427 g/mol. The first-order valence-corrected chi connectivity index (χ1v) is 10.3. The monoisotopic (exact) mass is 426 g/mol. The van der Waals surface area contributed by atoms with E-state index in [0.29, 0.717) is 29.4 Å². The van der Waals surface area contributed by atoms with E-state index in [2.05, 4.69) is 10.6 Å². The van der Waals surface area contributed by atoms with Crippen molar-refractivity contribution in [2.24, 2.45) is 0 Å². The molecule has 2 heterocycles. The molecule has 0 bridgehead atoms. The molecule has 0 aromatic heterocycles. The van der Waals surface area contributed by atoms with Gasteiger partial charge < -0.3 is 20.4 Å². The van der Waals surface area contributed by atoms with E-state index in [9.17, 15) is 14.4 Å². The van der Waals surface area contributed by atoms with E-state index < -0.39 is 6.04 Å². The lowest BCUT2D eigenvalue weighted by atomic mass is 10.0. The van der Waals surface area contributed by atoms with Crippen LogP contribution in [0.25, 0.3) is 11.1 Å². The van der Waals surface area contributed by atoms with Crippen LogP contribution in [0.15, 0.2) is 42.5 Å². The molecule has 4 rings (SSSR count). The van der Waals surface area contributed by atoms with Crippen molar-refractivity contribution >= 4 is 35.1 Å². The van der Waals surface area contributed by atoms with Crippen LogP contribution >= 0.6 is 11.6 Å². The number of halogens is 1. The highest BCUT2D eigenvalue weighted by Crippen LogP contribution is 2.30. The first-order chi connectivity index (χ1) is 14.3. The van der Waals surface area contributed by atoms with Crippen molar-refractivity contribution in [2.45, 2.75) is 25.9 Å². The van der Waals surface area contributed by atoms with Crippen molar-refractivity contribution in [1.29, 1.82) is 0 Å². The second kappa shape index (κ2) is 7.99. The van der Waals surface area contributed by atoms with Gasteiger partial charge in [0.15, 0.2) is 0 Å². The summed E-state index contributed by atoms with van der Waals surface area (Å²) < 4.78 is 0. The number of hydrogen-bond acceptors (Lipinski definition) is 3. The molecular formula is C22H23ClN4O3. The molecule has 7 nitrogen and oxygen atoms in total. The molecule has 1 atom stereocenters. The second-order valence-corrected chi connectivity index (χ2v) is 8.26. The molecule has 0 unspecified atom stereocenters. The molecule has 1 fully saturated rings. The minimum atomic E-state index is -0.726. The summed E-state index contributed by atoms with van der Waals surface area (Å²) in [5.41, 5.74) is 2.72. The van der Waals surface area contributed by atoms with Gasteiger partial charge in [-0.3, -0.25) is 9.59 Å². The predicted molar refractivity (Wildman–Crippen MR) is 116 cm³/mol. The van der Waals surface area contributed by atoms with E-state index in [0.717, 1.165) is 11.1 Å². The van der Waals surface area contributed by atoms with Crippen molar-refractivity contribution in [3.8, 4) is 11.1 Å². The maximum atomic E-state index is 13.3. The minimum absolute atomic E-state index is 0.00401. The topological polar surface area (TPSA) is 81.8 Å². The first kappa shape index (κ1) is 20.2. The summed E-state index contributed by atoms with van der Waals surface area (Å²) >= 11 is 5.97. The van der Waals surface area contributed by atoms with Gasteiger partial charge in [0, 0.05) is 24.2 Å². The Morgan fingerprint density at radius 3 is 2.50 bits per heavy atom. The summed E-state index contributed by atoms with van der Waals surface area (Å²) in [4.78, 5) is 41.7. The van der Waals surface area contributed by atoms with Gasteiger partial charge in [-0.25, -0.2) is 4.79 Å². The number of nitrogens with zero attached hydrogens (tertiary/aromatic N) is 2. The highest BCUT2D eigenvalue weighted by Gasteiger charge is 2.40. The molecule has 2 aromatic rings. The third kappa shape index (κ3) is 3.85. The van der Waals surface area contributed by atoms with Crippen molar-refractivity contribution in [2.75, 3.05) is 25.0 Å². The van der Waals surface area contributed by atoms with Gasteiger partial charge in [-0.2, -0.15) is 0 Å². The molecule has 4 amide bonds. The highest BCUT2D eigenvalue weighted by atomic mass is 35.5. The molecule has 2 aromatic carbocycles. The molecule has 1 saturated heterocycles. The SMILES string of the molecule is CC(C)NC(=O)N1CCN2C(=O)c3cc(-c4ccc(Cl)cc4)ccc3NC(=O)[C@H]2C1. The molecule has 8 heteroatoms. The largest absolute Gasteiger partial charge is 0.336 e. The highest BCUT2D eigenvalue weighted by molar-refractivity contribution is 6.30. The van der Waals surface area contributed by atoms with Crippen molar-refractivity contribution in [1.82, 2.24) is 15.1 Å². The van der Waals surface area contributed by atoms with Crippen LogP contribution < -0.4 is 10.6 Å². The van der Waals surface area contributed by atoms with Crippen molar-refractivity contribution in [3.05, 3.63) is 53.1 Å². The lowest BCUT2D eigenvalue weighted by Crippen LogP contribution is -2.61. The lowest BCUT2D eigenvalue weighted by molar-refractivity contribution is -0.121. The number of amides is 4. The Hall–Kier alpha value is -3.06. The van der Waals surface area contributed by atoms with Crippen LogP contribution in [0.4, 0.5) is 10.5 Å². The summed E-state index contributed by atoms with van der Waals surface area (Å²) in [5, 5.41) is 6.34. The van der Waals surface area contributed by atoms with E-state index >= 15 is 0 Å². The van der Waals surface area contributed by atoms with Gasteiger partial charge in [0.2, 0.25) is 5.91 Å². The molecule has 30 heavy (non-hydrogen) atoms. The number of fused-ring (bicyclic) bond motifs is 2. The Morgan fingerprint density at radius 2 is 1.80 bits per heavy atom. The van der Waals surface area contributed by atoms with Crippen LogP contribution in [-0.4, -0.2) is 59.4 Å². The van der Waals surface area contributed by atoms with E-state index in [1.54, 1.807) is 34.1 Å². The maximum Gasteiger partial charge on any atom is 0.317 e. The Bertz CT molecular complexity index is 1010. The van der Waals surface area contributed by atoms with Gasteiger partial charge >= 0.3 is 6.03 Å². The smallest absolute Gasteiger partial charge is 0.317 e. The molecule has 0 radical (unpaired) electrons. The number of carbonyl (C=O) groups excluding carboxylic acids is 3. The quantitative estimate of drug-likeness (QED) is 0.773. The van der Waals surface area contributed by atoms with Crippen LogP contribution in [-0.2, 0) is 4.79 Å². The summed E-state index contributed by atoms with van der Waals surface area (Å²) in [6.45, 7) is 4.59. The lowest BCUT2D eigenvalue weighted by Gasteiger charge is -2.39. The fourth-order valence-electron chi connectivity index (χ4n) is 3.80. The Balaban J connectivity index is 1.62. The molecule has 0 spiro atoms. The van der Waals surface area contributed by atoms with Gasteiger partial charge in [-0.15, -0.1) is 0 Å². The van der Waals surface area contributed by atoms with Gasteiger partial charge in [0.1, 0.15) is 6.04 Å². The van der Waals surface area contributed by atoms with Crippen LogP contribution in [0.5, 0.6) is 0 Å². The normalized spacial score (nSPS) is 18.5. The van der Waals surface area contributed by atoms with Gasteiger partial charge in [-0.05, 0) is 49.2 Å². The first-order valence-electron chi connectivity index (χ1n) is 9.91. The zero-order chi connectivity index (χ0) is 21.4. The summed E-state index contributed by atoms with van der Waals surface area (Å²) in [5.74, 6) is -0.503. The molecule has 156 valence electrons. The molecule has 0 saturated carbocycles. The van der Waals surface area contributed by atoms with Crippen LogP contribution in [0.2, 0.25) is 5.02 Å². The molecule has 2 N–H and O–H groups in total. The molecule has 2 aliphatic heterocycles. The zero-order valence-electron chi connectivity index (χ0n) is 16.8.